The van der Waals surface area contributed by atoms with Crippen molar-refractivity contribution in [1.82, 2.24) is 16.0 Å². The van der Waals surface area contributed by atoms with Crippen LogP contribution in [0.2, 0.25) is 0 Å². The minimum absolute atomic E-state index is 0.276. The molecule has 0 radical (unpaired) electrons. The van der Waals surface area contributed by atoms with Gasteiger partial charge in [0, 0.05) is 13.1 Å². The van der Waals surface area contributed by atoms with E-state index in [4.69, 9.17) is 9.47 Å². The molecule has 8 nitrogen and oxygen atoms in total. The molecular weight excluding hydrogens is 348 g/mol. The second-order valence-electron chi connectivity index (χ2n) is 7.61. The second-order valence-corrected chi connectivity index (χ2v) is 7.61. The summed E-state index contributed by atoms with van der Waals surface area (Å²) >= 11 is 0. The minimum Gasteiger partial charge on any atom is -0.469 e. The molecule has 0 saturated heterocycles. The van der Waals surface area contributed by atoms with Gasteiger partial charge in [-0.2, -0.15) is 0 Å². The van der Waals surface area contributed by atoms with Gasteiger partial charge in [-0.15, -0.1) is 0 Å². The molecule has 0 aliphatic rings. The first-order valence-electron chi connectivity index (χ1n) is 9.63. The fourth-order valence-electron chi connectivity index (χ4n) is 2.32. The summed E-state index contributed by atoms with van der Waals surface area (Å²) in [6, 6.07) is 0. The summed E-state index contributed by atoms with van der Waals surface area (Å²) < 4.78 is 10.1. The summed E-state index contributed by atoms with van der Waals surface area (Å²) in [5, 5.41) is 9.27. The van der Waals surface area contributed by atoms with Gasteiger partial charge in [0.2, 0.25) is 0 Å². The largest absolute Gasteiger partial charge is 0.469 e. The number of carbonyl (C=O) groups is 2. The van der Waals surface area contributed by atoms with Crippen LogP contribution in [0.3, 0.4) is 0 Å². The Morgan fingerprint density at radius 2 is 1.67 bits per heavy atom. The number of rotatable bonds is 9. The van der Waals surface area contributed by atoms with Gasteiger partial charge in [0.15, 0.2) is 5.96 Å². The molecule has 158 valence electrons. The Kier molecular flexibility index (Phi) is 10.8. The molecule has 27 heavy (non-hydrogen) atoms. The summed E-state index contributed by atoms with van der Waals surface area (Å²) in [6.07, 6.45) is 0.979. The maximum absolute atomic E-state index is 12.2. The molecule has 3 N–H and O–H groups in total. The minimum atomic E-state index is -0.554. The predicted molar refractivity (Wildman–Crippen MR) is 108 cm³/mol. The number of nitrogens with one attached hydrogen (secondary N) is 3. The summed E-state index contributed by atoms with van der Waals surface area (Å²) in [5.74, 6) is 0.0211. The van der Waals surface area contributed by atoms with Gasteiger partial charge in [-0.25, -0.2) is 4.79 Å². The van der Waals surface area contributed by atoms with Gasteiger partial charge in [0.1, 0.15) is 5.60 Å². The number of hydrogen-bond acceptors (Lipinski definition) is 5. The molecular formula is C19H38N4O4. The highest BCUT2D eigenvalue weighted by Gasteiger charge is 2.30. The Hall–Kier alpha value is -1.99. The Morgan fingerprint density at radius 3 is 2.11 bits per heavy atom. The van der Waals surface area contributed by atoms with E-state index in [9.17, 15) is 9.59 Å². The molecule has 0 rings (SSSR count). The zero-order chi connectivity index (χ0) is 21.1. The predicted octanol–water partition coefficient (Wildman–Crippen LogP) is 2.43. The van der Waals surface area contributed by atoms with E-state index in [2.05, 4.69) is 20.9 Å². The summed E-state index contributed by atoms with van der Waals surface area (Å²) in [7, 11) is 1.37. The van der Waals surface area contributed by atoms with E-state index in [0.717, 1.165) is 0 Å². The smallest absolute Gasteiger partial charge is 0.408 e. The number of methoxy groups -OCH3 is 1. The van der Waals surface area contributed by atoms with E-state index < -0.39 is 17.2 Å². The second kappa shape index (κ2) is 11.7. The van der Waals surface area contributed by atoms with Gasteiger partial charge in [-0.3, -0.25) is 9.79 Å². The van der Waals surface area contributed by atoms with Crippen molar-refractivity contribution in [2.75, 3.05) is 26.7 Å². The van der Waals surface area contributed by atoms with Crippen LogP contribution in [-0.2, 0) is 14.3 Å². The Bertz CT molecular complexity index is 496. The van der Waals surface area contributed by atoms with Gasteiger partial charge < -0.3 is 25.4 Å². The average molecular weight is 387 g/mol. The molecule has 8 heteroatoms. The molecule has 0 aromatic carbocycles. The van der Waals surface area contributed by atoms with Crippen molar-refractivity contribution >= 4 is 18.0 Å². The number of nitrogens with zero attached hydrogens (tertiary/aromatic N) is 1. The highest BCUT2D eigenvalue weighted by molar-refractivity contribution is 5.81. The first kappa shape index (κ1) is 25.0. The first-order chi connectivity index (χ1) is 12.5. The Labute approximate surface area is 163 Å². The highest BCUT2D eigenvalue weighted by Crippen LogP contribution is 2.17. The van der Waals surface area contributed by atoms with Crippen LogP contribution in [0.25, 0.3) is 0 Å². The zero-order valence-electron chi connectivity index (χ0n) is 18.2. The molecule has 0 aliphatic carbocycles. The summed E-state index contributed by atoms with van der Waals surface area (Å²) in [6.45, 7) is 14.8. The monoisotopic (exact) mass is 386 g/mol. The number of carbonyl (C=O) groups excluding carboxylic acids is 2. The van der Waals surface area contributed by atoms with Gasteiger partial charge in [-0.05, 0) is 40.5 Å². The summed E-state index contributed by atoms with van der Waals surface area (Å²) in [5.41, 5.74) is -1.06. The number of guanidine groups is 1. The number of aliphatic imine (C=N–C) groups is 1. The molecule has 1 amide bonds. The number of ether oxygens (including phenoxy) is 2. The van der Waals surface area contributed by atoms with Crippen molar-refractivity contribution < 1.29 is 19.1 Å². The van der Waals surface area contributed by atoms with Crippen LogP contribution in [0.4, 0.5) is 4.79 Å². The third kappa shape index (κ3) is 10.1. The van der Waals surface area contributed by atoms with Crippen LogP contribution < -0.4 is 16.0 Å². The SMILES string of the molecule is CCNC(=NCC(CC)(CC)NC(=O)OC(C)(C)C)NCC(C)C(=O)OC. The number of amides is 1. The van der Waals surface area contributed by atoms with Crippen molar-refractivity contribution in [3.8, 4) is 0 Å². The Morgan fingerprint density at radius 1 is 1.07 bits per heavy atom. The van der Waals surface area contributed by atoms with Crippen LogP contribution in [-0.4, -0.2) is 55.9 Å². The van der Waals surface area contributed by atoms with E-state index in [0.29, 0.717) is 38.4 Å². The van der Waals surface area contributed by atoms with E-state index in [1.54, 1.807) is 6.92 Å². The molecule has 0 spiro atoms. The Balaban J connectivity index is 5.08. The first-order valence-corrected chi connectivity index (χ1v) is 9.63. The molecule has 0 aromatic rings. The molecule has 0 aliphatic heterocycles. The lowest BCUT2D eigenvalue weighted by Crippen LogP contribution is -2.52. The lowest BCUT2D eigenvalue weighted by atomic mass is 9.93. The number of alkyl carbamates (subject to hydrolysis) is 1. The van der Waals surface area contributed by atoms with Gasteiger partial charge in [0.05, 0.1) is 25.1 Å². The summed E-state index contributed by atoms with van der Waals surface area (Å²) in [4.78, 5) is 28.4. The van der Waals surface area contributed by atoms with Crippen molar-refractivity contribution in [3.05, 3.63) is 0 Å². The molecule has 0 bridgehead atoms. The fraction of sp³-hybridized carbons (Fsp3) is 0.842. The van der Waals surface area contributed by atoms with Crippen molar-refractivity contribution in [2.45, 2.75) is 72.4 Å². The standard InChI is InChI=1S/C19H38N4O4/c1-9-19(10-2,23-17(25)27-18(5,6)7)13-22-16(20-11-3)21-12-14(4)15(24)26-8/h14H,9-13H2,1-8H3,(H,23,25)(H2,20,21,22). The van der Waals surface area contributed by atoms with Crippen LogP contribution in [0, 0.1) is 5.92 Å². The van der Waals surface area contributed by atoms with Crippen LogP contribution in [0.15, 0.2) is 4.99 Å². The molecule has 1 unspecified atom stereocenters. The zero-order valence-corrected chi connectivity index (χ0v) is 18.2. The molecule has 0 fully saturated rings. The average Bonchev–Trinajstić information content (AvgIpc) is 2.60. The van der Waals surface area contributed by atoms with Crippen molar-refractivity contribution in [2.24, 2.45) is 10.9 Å². The third-order valence-corrected chi connectivity index (χ3v) is 4.18. The van der Waals surface area contributed by atoms with Crippen LogP contribution in [0.1, 0.15) is 61.3 Å². The van der Waals surface area contributed by atoms with Crippen molar-refractivity contribution in [3.63, 3.8) is 0 Å². The van der Waals surface area contributed by atoms with E-state index in [-0.39, 0.29) is 11.9 Å². The lowest BCUT2D eigenvalue weighted by molar-refractivity contribution is -0.144. The quantitative estimate of drug-likeness (QED) is 0.320. The lowest BCUT2D eigenvalue weighted by Gasteiger charge is -2.32. The van der Waals surface area contributed by atoms with E-state index in [1.807, 2.05) is 41.5 Å². The molecule has 0 aromatic heterocycles. The fourth-order valence-corrected chi connectivity index (χ4v) is 2.32. The maximum atomic E-state index is 12.2. The molecule has 0 saturated carbocycles. The van der Waals surface area contributed by atoms with Gasteiger partial charge in [-0.1, -0.05) is 20.8 Å². The van der Waals surface area contributed by atoms with Crippen LogP contribution >= 0.6 is 0 Å². The molecule has 1 atom stereocenters. The van der Waals surface area contributed by atoms with Gasteiger partial charge in [0.25, 0.3) is 0 Å². The maximum Gasteiger partial charge on any atom is 0.408 e. The van der Waals surface area contributed by atoms with Crippen LogP contribution in [0.5, 0.6) is 0 Å². The topological polar surface area (TPSA) is 101 Å². The third-order valence-electron chi connectivity index (χ3n) is 4.18. The van der Waals surface area contributed by atoms with Crippen molar-refractivity contribution in [1.29, 1.82) is 0 Å². The normalized spacial score (nSPS) is 13.6. The highest BCUT2D eigenvalue weighted by atomic mass is 16.6. The molecule has 0 heterocycles. The van der Waals surface area contributed by atoms with Gasteiger partial charge >= 0.3 is 12.1 Å². The number of esters is 1. The number of hydrogen-bond donors (Lipinski definition) is 3. The van der Waals surface area contributed by atoms with E-state index in [1.165, 1.54) is 7.11 Å². The van der Waals surface area contributed by atoms with E-state index >= 15 is 0 Å².